The summed E-state index contributed by atoms with van der Waals surface area (Å²) in [5, 5.41) is 3.21. The molecule has 0 saturated heterocycles. The van der Waals surface area contributed by atoms with Crippen LogP contribution in [0, 0.1) is 5.41 Å². The molecule has 1 amide bonds. The lowest BCUT2D eigenvalue weighted by atomic mass is 9.78. The standard InChI is InChI=1S/C20H22N2O4S/c1-5-8-26-15-7-6-12(9-16(15)25-4)18(24)22-19-21-13-10-20(2,3)11-14(23)17(13)27-19/h5-7,9H,1,8,10-11H2,2-4H3,(H,21,22,24). The number of amides is 1. The fourth-order valence-corrected chi connectivity index (χ4v) is 3.93. The van der Waals surface area contributed by atoms with Crippen molar-refractivity contribution in [1.82, 2.24) is 4.98 Å². The molecule has 0 unspecified atom stereocenters. The van der Waals surface area contributed by atoms with E-state index in [1.165, 1.54) is 18.4 Å². The average molecular weight is 386 g/mol. The normalized spacial score (nSPS) is 15.0. The minimum Gasteiger partial charge on any atom is -0.493 e. The highest BCUT2D eigenvalue weighted by Gasteiger charge is 2.34. The van der Waals surface area contributed by atoms with Crippen LogP contribution >= 0.6 is 11.3 Å². The second-order valence-electron chi connectivity index (χ2n) is 7.16. The van der Waals surface area contributed by atoms with Crippen molar-refractivity contribution in [3.8, 4) is 11.5 Å². The van der Waals surface area contributed by atoms with Gasteiger partial charge in [0.1, 0.15) is 6.61 Å². The van der Waals surface area contributed by atoms with Gasteiger partial charge in [0.15, 0.2) is 22.4 Å². The first-order valence-corrected chi connectivity index (χ1v) is 9.40. The van der Waals surface area contributed by atoms with Crippen molar-refractivity contribution in [1.29, 1.82) is 0 Å². The van der Waals surface area contributed by atoms with Crippen LogP contribution in [0.25, 0.3) is 0 Å². The molecule has 3 rings (SSSR count). The molecule has 1 N–H and O–H groups in total. The summed E-state index contributed by atoms with van der Waals surface area (Å²) >= 11 is 1.23. The molecule has 1 aromatic heterocycles. The first-order chi connectivity index (χ1) is 12.8. The predicted molar refractivity (Wildman–Crippen MR) is 105 cm³/mol. The van der Waals surface area contributed by atoms with Crippen LogP contribution in [0.5, 0.6) is 11.5 Å². The quantitative estimate of drug-likeness (QED) is 0.756. The maximum absolute atomic E-state index is 12.6. The van der Waals surface area contributed by atoms with Gasteiger partial charge < -0.3 is 9.47 Å². The lowest BCUT2D eigenvalue weighted by Gasteiger charge is -2.26. The number of nitrogens with one attached hydrogen (secondary N) is 1. The second-order valence-corrected chi connectivity index (χ2v) is 8.15. The number of thiazole rings is 1. The zero-order chi connectivity index (χ0) is 19.6. The molecule has 1 heterocycles. The molecular weight excluding hydrogens is 364 g/mol. The van der Waals surface area contributed by atoms with E-state index < -0.39 is 0 Å². The molecule has 0 radical (unpaired) electrons. The number of hydrogen-bond acceptors (Lipinski definition) is 6. The number of hydrogen-bond donors (Lipinski definition) is 1. The number of Topliss-reactive ketones (excluding diaryl/α,β-unsaturated/α-hetero) is 1. The number of nitrogens with zero attached hydrogens (tertiary/aromatic N) is 1. The number of carbonyl (C=O) groups excluding carboxylic acids is 2. The van der Waals surface area contributed by atoms with Gasteiger partial charge in [-0.05, 0) is 30.0 Å². The van der Waals surface area contributed by atoms with Crippen LogP contribution in [-0.4, -0.2) is 30.4 Å². The van der Waals surface area contributed by atoms with Gasteiger partial charge in [0.2, 0.25) is 0 Å². The van der Waals surface area contributed by atoms with E-state index in [-0.39, 0.29) is 17.1 Å². The molecule has 7 heteroatoms. The molecule has 1 aliphatic rings. The van der Waals surface area contributed by atoms with Crippen LogP contribution in [0.15, 0.2) is 30.9 Å². The summed E-state index contributed by atoms with van der Waals surface area (Å²) in [4.78, 5) is 30.0. The zero-order valence-electron chi connectivity index (χ0n) is 15.6. The second kappa shape index (κ2) is 7.52. The van der Waals surface area contributed by atoms with E-state index in [2.05, 4.69) is 16.9 Å². The number of benzene rings is 1. The van der Waals surface area contributed by atoms with E-state index in [0.717, 1.165) is 12.1 Å². The molecule has 0 fully saturated rings. The van der Waals surface area contributed by atoms with Gasteiger partial charge >= 0.3 is 0 Å². The summed E-state index contributed by atoms with van der Waals surface area (Å²) in [5.41, 5.74) is 1.08. The van der Waals surface area contributed by atoms with Gasteiger partial charge in [-0.3, -0.25) is 14.9 Å². The van der Waals surface area contributed by atoms with Crippen molar-refractivity contribution in [3.05, 3.63) is 47.0 Å². The summed E-state index contributed by atoms with van der Waals surface area (Å²) in [6.07, 6.45) is 2.86. The third kappa shape index (κ3) is 4.19. The number of rotatable bonds is 6. The smallest absolute Gasteiger partial charge is 0.257 e. The molecule has 0 spiro atoms. The van der Waals surface area contributed by atoms with Crippen LogP contribution in [-0.2, 0) is 6.42 Å². The Labute approximate surface area is 162 Å². The monoisotopic (exact) mass is 386 g/mol. The van der Waals surface area contributed by atoms with Crippen LogP contribution in [0.2, 0.25) is 0 Å². The molecule has 0 aliphatic heterocycles. The predicted octanol–water partition coefficient (Wildman–Crippen LogP) is 4.12. The van der Waals surface area contributed by atoms with E-state index in [1.807, 2.05) is 13.8 Å². The van der Waals surface area contributed by atoms with Crippen LogP contribution < -0.4 is 14.8 Å². The lowest BCUT2D eigenvalue weighted by Crippen LogP contribution is -2.26. The number of ether oxygens (including phenoxy) is 2. The van der Waals surface area contributed by atoms with Crippen molar-refractivity contribution < 1.29 is 19.1 Å². The Morgan fingerprint density at radius 3 is 2.85 bits per heavy atom. The molecule has 6 nitrogen and oxygen atoms in total. The Kier molecular flexibility index (Phi) is 5.32. The molecule has 0 saturated carbocycles. The number of aromatic nitrogens is 1. The van der Waals surface area contributed by atoms with Crippen molar-refractivity contribution >= 4 is 28.2 Å². The molecule has 1 aromatic carbocycles. The highest BCUT2D eigenvalue weighted by Crippen LogP contribution is 2.38. The minimum absolute atomic E-state index is 0.0876. The Hall–Kier alpha value is -2.67. The summed E-state index contributed by atoms with van der Waals surface area (Å²) in [7, 11) is 1.51. The van der Waals surface area contributed by atoms with Gasteiger partial charge in [-0.25, -0.2) is 4.98 Å². The van der Waals surface area contributed by atoms with Crippen molar-refractivity contribution in [2.24, 2.45) is 5.41 Å². The Bertz CT molecular complexity index is 901. The number of methoxy groups -OCH3 is 1. The van der Waals surface area contributed by atoms with Gasteiger partial charge in [0.05, 0.1) is 17.7 Å². The van der Waals surface area contributed by atoms with Gasteiger partial charge in [0, 0.05) is 12.0 Å². The third-order valence-electron chi connectivity index (χ3n) is 4.24. The molecule has 2 aromatic rings. The van der Waals surface area contributed by atoms with E-state index in [4.69, 9.17) is 9.47 Å². The van der Waals surface area contributed by atoms with Gasteiger partial charge in [-0.1, -0.05) is 37.8 Å². The lowest BCUT2D eigenvalue weighted by molar-refractivity contribution is 0.0915. The maximum atomic E-state index is 12.6. The third-order valence-corrected chi connectivity index (χ3v) is 5.29. The van der Waals surface area contributed by atoms with Crippen LogP contribution in [0.1, 0.15) is 46.0 Å². The summed E-state index contributed by atoms with van der Waals surface area (Å²) in [6.45, 7) is 8.05. The number of carbonyl (C=O) groups is 2. The Balaban J connectivity index is 1.78. The van der Waals surface area contributed by atoms with Crippen molar-refractivity contribution in [2.75, 3.05) is 19.0 Å². The van der Waals surface area contributed by atoms with Crippen molar-refractivity contribution in [2.45, 2.75) is 26.7 Å². The fourth-order valence-electron chi connectivity index (χ4n) is 3.02. The van der Waals surface area contributed by atoms with Gasteiger partial charge in [-0.2, -0.15) is 0 Å². The molecule has 0 bridgehead atoms. The largest absolute Gasteiger partial charge is 0.493 e. The number of anilines is 1. The maximum Gasteiger partial charge on any atom is 0.257 e. The summed E-state index contributed by atoms with van der Waals surface area (Å²) in [6, 6.07) is 4.93. The molecule has 142 valence electrons. The van der Waals surface area contributed by atoms with E-state index in [0.29, 0.717) is 40.1 Å². The molecule has 27 heavy (non-hydrogen) atoms. The van der Waals surface area contributed by atoms with Crippen LogP contribution in [0.4, 0.5) is 5.13 Å². The summed E-state index contributed by atoms with van der Waals surface area (Å²) in [5.74, 6) is 0.761. The molecular formula is C20H22N2O4S. The van der Waals surface area contributed by atoms with E-state index in [1.54, 1.807) is 24.3 Å². The van der Waals surface area contributed by atoms with Gasteiger partial charge in [0.25, 0.3) is 5.91 Å². The summed E-state index contributed by atoms with van der Waals surface area (Å²) < 4.78 is 10.8. The fraction of sp³-hybridized carbons (Fsp3) is 0.350. The Morgan fingerprint density at radius 1 is 1.37 bits per heavy atom. The highest BCUT2D eigenvalue weighted by molar-refractivity contribution is 7.17. The minimum atomic E-state index is -0.318. The first-order valence-electron chi connectivity index (χ1n) is 8.59. The SMILES string of the molecule is C=CCOc1ccc(C(=O)Nc2nc3c(s2)C(=O)CC(C)(C)C3)cc1OC. The zero-order valence-corrected chi connectivity index (χ0v) is 16.4. The molecule has 1 aliphatic carbocycles. The highest BCUT2D eigenvalue weighted by atomic mass is 32.1. The first kappa shape index (κ1) is 19.1. The van der Waals surface area contributed by atoms with Crippen LogP contribution in [0.3, 0.4) is 0 Å². The molecule has 0 atom stereocenters. The topological polar surface area (TPSA) is 77.5 Å². The van der Waals surface area contributed by atoms with E-state index in [9.17, 15) is 9.59 Å². The van der Waals surface area contributed by atoms with Gasteiger partial charge in [-0.15, -0.1) is 0 Å². The number of ketones is 1. The average Bonchev–Trinajstić information content (AvgIpc) is 3.01. The van der Waals surface area contributed by atoms with Crippen molar-refractivity contribution in [3.63, 3.8) is 0 Å². The van der Waals surface area contributed by atoms with E-state index >= 15 is 0 Å². The Morgan fingerprint density at radius 2 is 2.15 bits per heavy atom. The number of fused-ring (bicyclic) bond motifs is 1.